The van der Waals surface area contributed by atoms with E-state index in [4.69, 9.17) is 5.11 Å². The van der Waals surface area contributed by atoms with Gasteiger partial charge >= 0.3 is 12.0 Å². The van der Waals surface area contributed by atoms with Gasteiger partial charge in [-0.1, -0.05) is 31.5 Å². The van der Waals surface area contributed by atoms with E-state index in [1.807, 2.05) is 0 Å². The lowest BCUT2D eigenvalue weighted by Crippen LogP contribution is -2.49. The van der Waals surface area contributed by atoms with Crippen LogP contribution in [0.5, 0.6) is 0 Å². The number of rotatable bonds is 6. The summed E-state index contributed by atoms with van der Waals surface area (Å²) in [4.78, 5) is 49.6. The fourth-order valence-electron chi connectivity index (χ4n) is 4.03. The number of carboxylic acids is 1. The van der Waals surface area contributed by atoms with E-state index >= 15 is 0 Å². The average molecular weight is 387 g/mol. The van der Waals surface area contributed by atoms with Crippen LogP contribution < -0.4 is 10.6 Å². The Morgan fingerprint density at radius 1 is 1.25 bits per heavy atom. The van der Waals surface area contributed by atoms with Crippen LogP contribution in [0.25, 0.3) is 0 Å². The molecule has 1 heterocycles. The number of benzene rings is 1. The normalized spacial score (nSPS) is 24.3. The SMILES string of the molecule is CCC1CCC2(CC1)NC(=O)N(CC(=O)Nc1ccccc1CC(=O)O)C2=O. The number of carboxylic acid groups (broad SMARTS) is 1. The Bertz CT molecular complexity index is 799. The van der Waals surface area contributed by atoms with Crippen LogP contribution in [0.4, 0.5) is 10.5 Å². The number of imide groups is 1. The number of carbonyl (C=O) groups excluding carboxylic acids is 3. The van der Waals surface area contributed by atoms with Crippen molar-refractivity contribution in [2.75, 3.05) is 11.9 Å². The van der Waals surface area contributed by atoms with Crippen molar-refractivity contribution in [3.63, 3.8) is 0 Å². The number of aliphatic carboxylic acids is 1. The van der Waals surface area contributed by atoms with E-state index in [2.05, 4.69) is 17.6 Å². The minimum atomic E-state index is -1.01. The van der Waals surface area contributed by atoms with Crippen molar-refractivity contribution in [3.8, 4) is 0 Å². The first-order chi connectivity index (χ1) is 13.3. The molecule has 8 heteroatoms. The molecule has 4 amide bonds. The van der Waals surface area contributed by atoms with Crippen molar-refractivity contribution in [1.29, 1.82) is 0 Å². The number of amides is 4. The Hall–Kier alpha value is -2.90. The van der Waals surface area contributed by atoms with Crippen molar-refractivity contribution in [3.05, 3.63) is 29.8 Å². The highest BCUT2D eigenvalue weighted by atomic mass is 16.4. The van der Waals surface area contributed by atoms with E-state index in [9.17, 15) is 19.2 Å². The lowest BCUT2D eigenvalue weighted by atomic mass is 9.75. The predicted molar refractivity (Wildman–Crippen MR) is 102 cm³/mol. The monoisotopic (exact) mass is 387 g/mol. The molecule has 0 bridgehead atoms. The lowest BCUT2D eigenvalue weighted by molar-refractivity contribution is -0.136. The third kappa shape index (κ3) is 4.00. The molecule has 1 aromatic carbocycles. The minimum Gasteiger partial charge on any atom is -0.481 e. The molecule has 1 saturated heterocycles. The van der Waals surface area contributed by atoms with Gasteiger partial charge in [0.15, 0.2) is 0 Å². The van der Waals surface area contributed by atoms with Crippen molar-refractivity contribution in [2.24, 2.45) is 5.92 Å². The number of carbonyl (C=O) groups is 4. The maximum atomic E-state index is 12.9. The van der Waals surface area contributed by atoms with Crippen molar-refractivity contribution in [1.82, 2.24) is 10.2 Å². The maximum Gasteiger partial charge on any atom is 0.325 e. The van der Waals surface area contributed by atoms with E-state index in [1.165, 1.54) is 0 Å². The molecular weight excluding hydrogens is 362 g/mol. The zero-order valence-electron chi connectivity index (χ0n) is 15.9. The van der Waals surface area contributed by atoms with Gasteiger partial charge in [0, 0.05) is 5.69 Å². The number of nitrogens with one attached hydrogen (secondary N) is 2. The Labute approximate surface area is 163 Å². The third-order valence-electron chi connectivity index (χ3n) is 5.72. The summed E-state index contributed by atoms with van der Waals surface area (Å²) in [6.07, 6.45) is 3.77. The summed E-state index contributed by atoms with van der Waals surface area (Å²) in [5, 5.41) is 14.4. The molecular formula is C20H25N3O5. The van der Waals surface area contributed by atoms with Crippen LogP contribution in [0, 0.1) is 5.92 Å². The Morgan fingerprint density at radius 3 is 2.57 bits per heavy atom. The first kappa shape index (κ1) is 19.9. The average Bonchev–Trinajstić information content (AvgIpc) is 2.88. The predicted octanol–water partition coefficient (Wildman–Crippen LogP) is 2.14. The second kappa shape index (κ2) is 8.00. The zero-order chi connectivity index (χ0) is 20.3. The molecule has 8 nitrogen and oxygen atoms in total. The summed E-state index contributed by atoms with van der Waals surface area (Å²) >= 11 is 0. The molecule has 0 radical (unpaired) electrons. The van der Waals surface area contributed by atoms with E-state index < -0.39 is 30.0 Å². The van der Waals surface area contributed by atoms with Crippen molar-refractivity contribution in [2.45, 2.75) is 51.0 Å². The summed E-state index contributed by atoms with van der Waals surface area (Å²) in [6, 6.07) is 6.01. The third-order valence-corrected chi connectivity index (χ3v) is 5.72. The molecule has 28 heavy (non-hydrogen) atoms. The van der Waals surface area contributed by atoms with Gasteiger partial charge in [-0.25, -0.2) is 4.79 Å². The molecule has 1 aliphatic heterocycles. The Kier molecular flexibility index (Phi) is 5.67. The first-order valence-electron chi connectivity index (χ1n) is 9.58. The molecule has 0 atom stereocenters. The molecule has 1 aliphatic carbocycles. The number of hydrogen-bond acceptors (Lipinski definition) is 4. The molecule has 3 N–H and O–H groups in total. The van der Waals surface area contributed by atoms with Gasteiger partial charge in [0.2, 0.25) is 5.91 Å². The van der Waals surface area contributed by atoms with Gasteiger partial charge in [-0.05, 0) is 43.2 Å². The number of para-hydroxylation sites is 1. The van der Waals surface area contributed by atoms with Gasteiger partial charge in [0.1, 0.15) is 12.1 Å². The number of urea groups is 1. The first-order valence-corrected chi connectivity index (χ1v) is 9.58. The van der Waals surface area contributed by atoms with Crippen LogP contribution in [0.3, 0.4) is 0 Å². The van der Waals surface area contributed by atoms with E-state index in [0.29, 0.717) is 30.0 Å². The summed E-state index contributed by atoms with van der Waals surface area (Å²) in [5.41, 5.74) is -0.0698. The van der Waals surface area contributed by atoms with Crippen LogP contribution in [0.2, 0.25) is 0 Å². The van der Waals surface area contributed by atoms with Crippen molar-refractivity contribution < 1.29 is 24.3 Å². The smallest absolute Gasteiger partial charge is 0.325 e. The number of hydrogen-bond donors (Lipinski definition) is 3. The fraction of sp³-hybridized carbons (Fsp3) is 0.500. The van der Waals surface area contributed by atoms with Gasteiger partial charge < -0.3 is 15.7 Å². The van der Waals surface area contributed by atoms with Gasteiger partial charge in [0.05, 0.1) is 6.42 Å². The van der Waals surface area contributed by atoms with Crippen molar-refractivity contribution >= 4 is 29.5 Å². The molecule has 0 aromatic heterocycles. The number of nitrogens with zero attached hydrogens (tertiary/aromatic N) is 1. The van der Waals surface area contributed by atoms with Crippen LogP contribution in [-0.4, -0.2) is 45.9 Å². The Morgan fingerprint density at radius 2 is 1.93 bits per heavy atom. The second-order valence-corrected chi connectivity index (χ2v) is 7.53. The highest BCUT2D eigenvalue weighted by Gasteiger charge is 2.52. The van der Waals surface area contributed by atoms with Gasteiger partial charge in [0.25, 0.3) is 5.91 Å². The topological polar surface area (TPSA) is 116 Å². The summed E-state index contributed by atoms with van der Waals surface area (Å²) < 4.78 is 0. The van der Waals surface area contributed by atoms with E-state index in [0.717, 1.165) is 24.2 Å². The zero-order valence-corrected chi connectivity index (χ0v) is 15.9. The van der Waals surface area contributed by atoms with E-state index in [1.54, 1.807) is 24.3 Å². The number of anilines is 1. The lowest BCUT2D eigenvalue weighted by Gasteiger charge is -2.34. The van der Waals surface area contributed by atoms with Crippen LogP contribution >= 0.6 is 0 Å². The van der Waals surface area contributed by atoms with Gasteiger partial charge in [-0.15, -0.1) is 0 Å². The van der Waals surface area contributed by atoms with Crippen LogP contribution in [-0.2, 0) is 20.8 Å². The van der Waals surface area contributed by atoms with E-state index in [-0.39, 0.29) is 12.3 Å². The highest BCUT2D eigenvalue weighted by Crippen LogP contribution is 2.37. The standard InChI is InChI=1S/C20H25N3O5/c1-2-13-7-9-20(10-8-13)18(27)23(19(28)22-20)12-16(24)21-15-6-4-3-5-14(15)11-17(25)26/h3-6,13H,2,7-12H2,1H3,(H,21,24)(H,22,28)(H,25,26). The molecule has 2 fully saturated rings. The fourth-order valence-corrected chi connectivity index (χ4v) is 4.03. The minimum absolute atomic E-state index is 0.235. The Balaban J connectivity index is 1.66. The summed E-state index contributed by atoms with van der Waals surface area (Å²) in [6.45, 7) is 1.72. The molecule has 1 spiro atoms. The van der Waals surface area contributed by atoms with Gasteiger partial charge in [-0.3, -0.25) is 19.3 Å². The maximum absolute atomic E-state index is 12.9. The molecule has 1 saturated carbocycles. The largest absolute Gasteiger partial charge is 0.481 e. The quantitative estimate of drug-likeness (QED) is 0.647. The van der Waals surface area contributed by atoms with Crippen LogP contribution in [0.15, 0.2) is 24.3 Å². The molecule has 2 aliphatic rings. The molecule has 150 valence electrons. The van der Waals surface area contributed by atoms with Gasteiger partial charge in [-0.2, -0.15) is 0 Å². The second-order valence-electron chi connectivity index (χ2n) is 7.53. The molecule has 1 aromatic rings. The summed E-state index contributed by atoms with van der Waals surface area (Å²) in [7, 11) is 0. The highest BCUT2D eigenvalue weighted by molar-refractivity contribution is 6.10. The molecule has 3 rings (SSSR count). The van der Waals surface area contributed by atoms with Crippen LogP contribution in [0.1, 0.15) is 44.6 Å². The summed E-state index contributed by atoms with van der Waals surface area (Å²) in [5.74, 6) is -1.33. The molecule has 0 unspecified atom stereocenters.